The van der Waals surface area contributed by atoms with Crippen LogP contribution in [-0.2, 0) is 4.79 Å². The van der Waals surface area contributed by atoms with Crippen LogP contribution in [0.5, 0.6) is 0 Å². The largest absolute Gasteiger partial charge is 0.356 e. The van der Waals surface area contributed by atoms with Crippen molar-refractivity contribution in [3.05, 3.63) is 79.3 Å². The zero-order chi connectivity index (χ0) is 27.6. The van der Waals surface area contributed by atoms with Crippen molar-refractivity contribution in [1.29, 1.82) is 0 Å². The summed E-state index contributed by atoms with van der Waals surface area (Å²) in [5, 5.41) is 9.63. The predicted molar refractivity (Wildman–Crippen MR) is 150 cm³/mol. The van der Waals surface area contributed by atoms with Gasteiger partial charge in [-0.15, -0.1) is 0 Å². The van der Waals surface area contributed by atoms with Gasteiger partial charge in [0.15, 0.2) is 5.82 Å². The van der Waals surface area contributed by atoms with Crippen LogP contribution < -0.4 is 16.0 Å². The molecule has 1 aliphatic rings. The highest BCUT2D eigenvalue weighted by Crippen LogP contribution is 2.37. The number of imidazole rings is 1. The summed E-state index contributed by atoms with van der Waals surface area (Å²) in [4.78, 5) is 38.0. The van der Waals surface area contributed by atoms with Crippen LogP contribution in [0.4, 0.5) is 21.5 Å². The number of rotatable bonds is 7. The molecule has 0 bridgehead atoms. The van der Waals surface area contributed by atoms with E-state index in [9.17, 15) is 4.79 Å². The molecule has 5 aromatic heterocycles. The molecule has 0 saturated carbocycles. The maximum atomic E-state index is 16.2. The van der Waals surface area contributed by atoms with Gasteiger partial charge >= 0.3 is 0 Å². The Morgan fingerprint density at radius 2 is 1.93 bits per heavy atom. The third kappa shape index (κ3) is 4.70. The highest BCUT2D eigenvalue weighted by molar-refractivity contribution is 5.98. The summed E-state index contributed by atoms with van der Waals surface area (Å²) in [5.41, 5.74) is 5.36. The summed E-state index contributed by atoms with van der Waals surface area (Å²) < 4.78 is 18.0. The van der Waals surface area contributed by atoms with Crippen LogP contribution in [0.15, 0.2) is 62.1 Å². The maximum absolute atomic E-state index is 16.2. The fraction of sp³-hybridized carbons (Fsp3) is 0.179. The zero-order valence-electron chi connectivity index (χ0n) is 21.8. The lowest BCUT2D eigenvalue weighted by molar-refractivity contribution is -0.116. The molecule has 0 aliphatic carbocycles. The first-order valence-electron chi connectivity index (χ1n) is 12.8. The molecule has 0 radical (unpaired) electrons. The Bertz CT molecular complexity index is 1780. The van der Waals surface area contributed by atoms with E-state index >= 15 is 4.39 Å². The fourth-order valence-electron chi connectivity index (χ4n) is 4.52. The molecule has 0 unspecified atom stereocenters. The number of amides is 1. The molecule has 11 nitrogen and oxygen atoms in total. The molecule has 200 valence electrons. The lowest BCUT2D eigenvalue weighted by Crippen LogP contribution is -2.14. The van der Waals surface area contributed by atoms with Crippen LogP contribution in [0, 0.1) is 12.7 Å². The molecule has 1 aliphatic heterocycles. The number of halogens is 1. The molecule has 5 aromatic rings. The van der Waals surface area contributed by atoms with E-state index in [1.165, 1.54) is 24.9 Å². The lowest BCUT2D eigenvalue weighted by atomic mass is 10.1. The Morgan fingerprint density at radius 3 is 2.75 bits per heavy atom. The number of hydrogen-bond donors (Lipinski definition) is 3. The number of carbonyl (C=O) groups is 1. The summed E-state index contributed by atoms with van der Waals surface area (Å²) >= 11 is 0. The number of fused-ring (bicyclic) bond motifs is 2. The Kier molecular flexibility index (Phi) is 6.56. The van der Waals surface area contributed by atoms with Crippen molar-refractivity contribution in [3.8, 4) is 16.9 Å². The van der Waals surface area contributed by atoms with Crippen molar-refractivity contribution in [1.82, 2.24) is 34.5 Å². The number of hydrogen-bond acceptors (Lipinski definition) is 9. The molecule has 1 amide bonds. The normalized spacial score (nSPS) is 12.3. The van der Waals surface area contributed by atoms with Crippen LogP contribution in [0.2, 0.25) is 0 Å². The number of nitrogens with zero attached hydrogens (tertiary/aromatic N) is 7. The topological polar surface area (TPSA) is 135 Å². The van der Waals surface area contributed by atoms with Gasteiger partial charge in [-0.1, -0.05) is 13.3 Å². The van der Waals surface area contributed by atoms with Crippen molar-refractivity contribution in [2.24, 2.45) is 0 Å². The number of aryl methyl sites for hydroxylation is 1. The molecular formula is C28H25FN10O. The predicted octanol–water partition coefficient (Wildman–Crippen LogP) is 5.08. The van der Waals surface area contributed by atoms with Gasteiger partial charge in [-0.2, -0.15) is 0 Å². The van der Waals surface area contributed by atoms with Gasteiger partial charge in [-0.05, 0) is 19.4 Å². The van der Waals surface area contributed by atoms with Gasteiger partial charge in [0.25, 0.3) is 0 Å². The van der Waals surface area contributed by atoms with E-state index in [4.69, 9.17) is 0 Å². The first kappa shape index (κ1) is 25.0. The highest BCUT2D eigenvalue weighted by atomic mass is 19.1. The van der Waals surface area contributed by atoms with E-state index in [1.807, 2.05) is 24.6 Å². The van der Waals surface area contributed by atoms with Gasteiger partial charge in [0, 0.05) is 30.6 Å². The standard InChI is InChI=1S/C28H25FN10O/c1-3-4-5-23(40)37-18-6-17(7-30-8-18)26-25(29)24-19(10-32-26)34-14-35-28(24)21-11-33-27-20(38-21)9-31-12-22(27)39-13-16(2)36-15-39/h6-15,33,38H,3-5H2,1-2H3,(H,37,40). The number of carbonyl (C=O) groups excluding carboxylic acids is 1. The Labute approximate surface area is 228 Å². The Hall–Kier alpha value is -5.26. The molecule has 6 heterocycles. The SMILES string of the molecule is CCCCC(=O)Nc1cncc(-c2ncc3ncnc(C4=CNc5c(cncc5-n5cnc(C)c5)N4)c3c2F)c1. The van der Waals surface area contributed by atoms with Crippen molar-refractivity contribution in [3.63, 3.8) is 0 Å². The molecule has 0 spiro atoms. The molecule has 6 rings (SSSR count). The summed E-state index contributed by atoms with van der Waals surface area (Å²) in [6, 6.07) is 1.65. The van der Waals surface area contributed by atoms with E-state index in [-0.39, 0.29) is 17.0 Å². The van der Waals surface area contributed by atoms with E-state index in [0.29, 0.717) is 40.3 Å². The number of unbranched alkanes of at least 4 members (excludes halogenated alkanes) is 1. The average Bonchev–Trinajstić information content (AvgIpc) is 3.41. The van der Waals surface area contributed by atoms with Crippen molar-refractivity contribution in [2.75, 3.05) is 16.0 Å². The van der Waals surface area contributed by atoms with Crippen molar-refractivity contribution < 1.29 is 9.18 Å². The molecule has 0 aromatic carbocycles. The summed E-state index contributed by atoms with van der Waals surface area (Å²) in [7, 11) is 0. The average molecular weight is 537 g/mol. The number of nitrogens with one attached hydrogen (secondary N) is 3. The van der Waals surface area contributed by atoms with Crippen LogP contribution in [0.25, 0.3) is 33.5 Å². The Morgan fingerprint density at radius 1 is 1.05 bits per heavy atom. The first-order chi connectivity index (χ1) is 19.5. The quantitative estimate of drug-likeness (QED) is 0.260. The van der Waals surface area contributed by atoms with Crippen LogP contribution in [0.3, 0.4) is 0 Å². The van der Waals surface area contributed by atoms with Crippen LogP contribution >= 0.6 is 0 Å². The molecular weight excluding hydrogens is 511 g/mol. The molecule has 0 fully saturated rings. The van der Waals surface area contributed by atoms with Crippen LogP contribution in [0.1, 0.15) is 37.6 Å². The summed E-state index contributed by atoms with van der Waals surface area (Å²) in [5.74, 6) is -0.717. The molecule has 40 heavy (non-hydrogen) atoms. The molecule has 12 heteroatoms. The minimum atomic E-state index is -0.598. The highest BCUT2D eigenvalue weighted by Gasteiger charge is 2.22. The van der Waals surface area contributed by atoms with Gasteiger partial charge in [-0.25, -0.2) is 19.3 Å². The van der Waals surface area contributed by atoms with Crippen LogP contribution in [-0.4, -0.2) is 40.4 Å². The van der Waals surface area contributed by atoms with Crippen molar-refractivity contribution in [2.45, 2.75) is 33.1 Å². The summed E-state index contributed by atoms with van der Waals surface area (Å²) in [6.07, 6.45) is 16.8. The van der Waals surface area contributed by atoms with Gasteiger partial charge in [0.2, 0.25) is 5.91 Å². The zero-order valence-corrected chi connectivity index (χ0v) is 21.8. The minimum absolute atomic E-state index is 0.0740. The number of anilines is 3. The van der Waals surface area contributed by atoms with Crippen molar-refractivity contribution >= 4 is 39.6 Å². The third-order valence-corrected chi connectivity index (χ3v) is 6.47. The monoisotopic (exact) mass is 536 g/mol. The molecule has 3 N–H and O–H groups in total. The van der Waals surface area contributed by atoms with Gasteiger partial charge in [-0.3, -0.25) is 19.7 Å². The Balaban J connectivity index is 1.36. The first-order valence-corrected chi connectivity index (χ1v) is 12.8. The fourth-order valence-corrected chi connectivity index (χ4v) is 4.52. The molecule has 0 atom stereocenters. The van der Waals surface area contributed by atoms with E-state index in [1.54, 1.807) is 31.0 Å². The van der Waals surface area contributed by atoms with Gasteiger partial charge < -0.3 is 20.5 Å². The number of pyridine rings is 3. The smallest absolute Gasteiger partial charge is 0.224 e. The van der Waals surface area contributed by atoms with Gasteiger partial charge in [0.1, 0.15) is 17.7 Å². The third-order valence-electron chi connectivity index (χ3n) is 6.47. The van der Waals surface area contributed by atoms with E-state index in [0.717, 1.165) is 29.9 Å². The molecule has 0 saturated heterocycles. The second kappa shape index (κ2) is 10.5. The van der Waals surface area contributed by atoms with E-state index in [2.05, 4.69) is 45.9 Å². The van der Waals surface area contributed by atoms with E-state index < -0.39 is 5.82 Å². The number of aromatic nitrogens is 7. The second-order valence-corrected chi connectivity index (χ2v) is 9.35. The summed E-state index contributed by atoms with van der Waals surface area (Å²) in [6.45, 7) is 3.93. The van der Waals surface area contributed by atoms with Gasteiger partial charge in [0.05, 0.1) is 76.2 Å². The second-order valence-electron chi connectivity index (χ2n) is 9.35. The minimum Gasteiger partial charge on any atom is -0.356 e. The maximum Gasteiger partial charge on any atom is 0.224 e. The lowest BCUT2D eigenvalue weighted by Gasteiger charge is -2.23.